The SMILES string of the molecule is CC1(C)Cc2cccc(OCC(=O)N[C@H]3CCSc4ccccc43)c2O1. The quantitative estimate of drug-likeness (QED) is 0.880. The first-order valence-electron chi connectivity index (χ1n) is 8.97. The first kappa shape index (κ1) is 17.3. The summed E-state index contributed by atoms with van der Waals surface area (Å²) in [5, 5.41) is 3.11. The second-order valence-corrected chi connectivity index (χ2v) is 8.50. The minimum atomic E-state index is -0.229. The van der Waals surface area contributed by atoms with Crippen LogP contribution in [0.15, 0.2) is 47.4 Å². The molecule has 1 N–H and O–H groups in total. The van der Waals surface area contributed by atoms with E-state index in [1.54, 1.807) is 0 Å². The topological polar surface area (TPSA) is 47.6 Å². The third-order valence-electron chi connectivity index (χ3n) is 4.71. The second kappa shape index (κ2) is 6.88. The van der Waals surface area contributed by atoms with E-state index in [1.807, 2.05) is 42.1 Å². The first-order chi connectivity index (χ1) is 12.5. The fourth-order valence-corrected chi connectivity index (χ4v) is 4.70. The molecule has 0 spiro atoms. The highest BCUT2D eigenvalue weighted by Gasteiger charge is 2.32. The van der Waals surface area contributed by atoms with Gasteiger partial charge in [0, 0.05) is 22.6 Å². The van der Waals surface area contributed by atoms with Crippen molar-refractivity contribution in [3.8, 4) is 11.5 Å². The average Bonchev–Trinajstić information content (AvgIpc) is 2.94. The van der Waals surface area contributed by atoms with Crippen LogP contribution >= 0.6 is 11.8 Å². The highest BCUT2D eigenvalue weighted by molar-refractivity contribution is 7.99. The lowest BCUT2D eigenvalue weighted by atomic mass is 10.0. The standard InChI is InChI=1S/C21H23NO3S/c1-21(2)12-14-6-5-8-17(20(14)25-21)24-13-19(23)22-16-10-11-26-18-9-4-3-7-15(16)18/h3-9,16H,10-13H2,1-2H3,(H,22,23)/t16-/m0/s1. The predicted octanol–water partition coefficient (Wildman–Crippen LogP) is 4.13. The van der Waals surface area contributed by atoms with E-state index in [9.17, 15) is 4.79 Å². The molecule has 0 radical (unpaired) electrons. The van der Waals surface area contributed by atoms with Crippen LogP contribution in [0.2, 0.25) is 0 Å². The minimum Gasteiger partial charge on any atom is -0.483 e. The molecule has 2 aromatic carbocycles. The molecule has 4 nitrogen and oxygen atoms in total. The van der Waals surface area contributed by atoms with E-state index in [0.717, 1.165) is 29.9 Å². The summed E-state index contributed by atoms with van der Waals surface area (Å²) in [7, 11) is 0. The summed E-state index contributed by atoms with van der Waals surface area (Å²) < 4.78 is 11.8. The van der Waals surface area contributed by atoms with Crippen LogP contribution in [0.1, 0.15) is 37.4 Å². The van der Waals surface area contributed by atoms with Crippen LogP contribution in [0, 0.1) is 0 Å². The molecule has 1 atom stereocenters. The van der Waals surface area contributed by atoms with E-state index in [-0.39, 0.29) is 24.2 Å². The van der Waals surface area contributed by atoms with Crippen molar-refractivity contribution in [1.82, 2.24) is 5.32 Å². The van der Waals surface area contributed by atoms with E-state index in [0.29, 0.717) is 5.75 Å². The van der Waals surface area contributed by atoms with E-state index in [4.69, 9.17) is 9.47 Å². The molecule has 0 unspecified atom stereocenters. The van der Waals surface area contributed by atoms with Crippen molar-refractivity contribution in [2.45, 2.75) is 43.2 Å². The zero-order valence-corrected chi connectivity index (χ0v) is 15.9. The summed E-state index contributed by atoms with van der Waals surface area (Å²) >= 11 is 1.84. The van der Waals surface area contributed by atoms with Gasteiger partial charge in [-0.1, -0.05) is 30.3 Å². The molecule has 2 heterocycles. The second-order valence-electron chi connectivity index (χ2n) is 7.37. The molecule has 0 aliphatic carbocycles. The number of hydrogen-bond donors (Lipinski definition) is 1. The van der Waals surface area contributed by atoms with Crippen molar-refractivity contribution in [2.75, 3.05) is 12.4 Å². The van der Waals surface area contributed by atoms with Crippen LogP contribution < -0.4 is 14.8 Å². The number of nitrogens with one attached hydrogen (secondary N) is 1. The van der Waals surface area contributed by atoms with Gasteiger partial charge in [0.2, 0.25) is 0 Å². The molecule has 0 aromatic heterocycles. The van der Waals surface area contributed by atoms with Crippen LogP contribution in [0.3, 0.4) is 0 Å². The summed E-state index contributed by atoms with van der Waals surface area (Å²) in [4.78, 5) is 13.7. The maximum absolute atomic E-state index is 12.4. The van der Waals surface area contributed by atoms with E-state index in [2.05, 4.69) is 31.3 Å². The predicted molar refractivity (Wildman–Crippen MR) is 103 cm³/mol. The maximum atomic E-state index is 12.4. The largest absolute Gasteiger partial charge is 0.483 e. The van der Waals surface area contributed by atoms with Gasteiger partial charge >= 0.3 is 0 Å². The lowest BCUT2D eigenvalue weighted by Crippen LogP contribution is -2.34. The van der Waals surface area contributed by atoms with Gasteiger partial charge in [0.05, 0.1) is 6.04 Å². The molecule has 0 fully saturated rings. The van der Waals surface area contributed by atoms with Gasteiger partial charge in [-0.25, -0.2) is 0 Å². The minimum absolute atomic E-state index is 0.00789. The van der Waals surface area contributed by atoms with Crippen LogP contribution in [-0.4, -0.2) is 23.9 Å². The van der Waals surface area contributed by atoms with Gasteiger partial charge in [-0.3, -0.25) is 4.79 Å². The first-order valence-corrected chi connectivity index (χ1v) is 9.95. The number of benzene rings is 2. The molecule has 5 heteroatoms. The third kappa shape index (κ3) is 3.54. The number of amides is 1. The molecule has 2 aliphatic rings. The van der Waals surface area contributed by atoms with Gasteiger partial charge in [0.25, 0.3) is 5.91 Å². The monoisotopic (exact) mass is 369 g/mol. The molecule has 2 aromatic rings. The van der Waals surface area contributed by atoms with Crippen molar-refractivity contribution in [1.29, 1.82) is 0 Å². The molecule has 0 bridgehead atoms. The third-order valence-corrected chi connectivity index (χ3v) is 5.83. The Bertz CT molecular complexity index is 834. The van der Waals surface area contributed by atoms with Gasteiger partial charge in [-0.05, 0) is 38.0 Å². The summed E-state index contributed by atoms with van der Waals surface area (Å²) in [5.74, 6) is 2.32. The Balaban J connectivity index is 1.40. The molecular weight excluding hydrogens is 346 g/mol. The number of thioether (sulfide) groups is 1. The van der Waals surface area contributed by atoms with Crippen LogP contribution in [0.25, 0.3) is 0 Å². The molecule has 0 saturated heterocycles. The van der Waals surface area contributed by atoms with E-state index < -0.39 is 0 Å². The highest BCUT2D eigenvalue weighted by Crippen LogP contribution is 2.41. The summed E-state index contributed by atoms with van der Waals surface area (Å²) in [6, 6.07) is 14.2. The molecule has 1 amide bonds. The van der Waals surface area contributed by atoms with Crippen LogP contribution in [0.4, 0.5) is 0 Å². The van der Waals surface area contributed by atoms with Crippen LogP contribution in [0.5, 0.6) is 11.5 Å². The van der Waals surface area contributed by atoms with E-state index >= 15 is 0 Å². The average molecular weight is 369 g/mol. The number of carbonyl (C=O) groups excluding carboxylic acids is 1. The zero-order chi connectivity index (χ0) is 18.1. The molecule has 26 heavy (non-hydrogen) atoms. The number of fused-ring (bicyclic) bond motifs is 2. The Hall–Kier alpha value is -2.14. The molecule has 4 rings (SSSR count). The fraction of sp³-hybridized carbons (Fsp3) is 0.381. The molecule has 0 saturated carbocycles. The Morgan fingerprint density at radius 2 is 2.12 bits per heavy atom. The molecule has 136 valence electrons. The fourth-order valence-electron chi connectivity index (χ4n) is 3.57. The summed E-state index contributed by atoms with van der Waals surface area (Å²) in [6.07, 6.45) is 1.79. The van der Waals surface area contributed by atoms with Gasteiger partial charge in [-0.15, -0.1) is 11.8 Å². The lowest BCUT2D eigenvalue weighted by molar-refractivity contribution is -0.123. The number of ether oxygens (including phenoxy) is 2. The number of hydrogen-bond acceptors (Lipinski definition) is 4. The lowest BCUT2D eigenvalue weighted by Gasteiger charge is -2.26. The number of para-hydroxylation sites is 1. The molecule has 2 aliphatic heterocycles. The maximum Gasteiger partial charge on any atom is 0.258 e. The Morgan fingerprint density at radius 1 is 1.27 bits per heavy atom. The van der Waals surface area contributed by atoms with Crippen molar-refractivity contribution in [3.63, 3.8) is 0 Å². The normalized spacial score (nSPS) is 19.8. The van der Waals surface area contributed by atoms with Crippen molar-refractivity contribution >= 4 is 17.7 Å². The molecular formula is C21H23NO3S. The van der Waals surface area contributed by atoms with Crippen molar-refractivity contribution in [2.24, 2.45) is 0 Å². The number of rotatable bonds is 4. The van der Waals surface area contributed by atoms with Gasteiger partial charge in [0.15, 0.2) is 18.1 Å². The Labute approximate surface area is 158 Å². The van der Waals surface area contributed by atoms with Crippen LogP contribution in [-0.2, 0) is 11.2 Å². The van der Waals surface area contributed by atoms with Crippen molar-refractivity contribution < 1.29 is 14.3 Å². The number of carbonyl (C=O) groups is 1. The van der Waals surface area contributed by atoms with Crippen molar-refractivity contribution in [3.05, 3.63) is 53.6 Å². The smallest absolute Gasteiger partial charge is 0.258 e. The van der Waals surface area contributed by atoms with Gasteiger partial charge < -0.3 is 14.8 Å². The summed E-state index contributed by atoms with van der Waals surface area (Å²) in [6.45, 7) is 4.11. The Kier molecular flexibility index (Phi) is 4.57. The Morgan fingerprint density at radius 3 is 3.00 bits per heavy atom. The summed E-state index contributed by atoms with van der Waals surface area (Å²) in [5.41, 5.74) is 2.10. The van der Waals surface area contributed by atoms with Gasteiger partial charge in [0.1, 0.15) is 5.60 Å². The van der Waals surface area contributed by atoms with E-state index in [1.165, 1.54) is 10.5 Å². The van der Waals surface area contributed by atoms with Gasteiger partial charge in [-0.2, -0.15) is 0 Å². The highest BCUT2D eigenvalue weighted by atomic mass is 32.2. The zero-order valence-electron chi connectivity index (χ0n) is 15.1.